The number of alkyl halides is 3. The molecule has 1 saturated heterocycles. The van der Waals surface area contributed by atoms with Gasteiger partial charge in [-0.3, -0.25) is 4.79 Å². The fourth-order valence-electron chi connectivity index (χ4n) is 2.54. The molecule has 5 nitrogen and oxygen atoms in total. The van der Waals surface area contributed by atoms with Gasteiger partial charge in [-0.2, -0.15) is 18.4 Å². The van der Waals surface area contributed by atoms with Crippen LogP contribution in [0.5, 0.6) is 0 Å². The molecule has 1 amide bonds. The van der Waals surface area contributed by atoms with Crippen LogP contribution in [-0.2, 0) is 15.7 Å². The van der Waals surface area contributed by atoms with Crippen LogP contribution in [0.15, 0.2) is 18.2 Å². The van der Waals surface area contributed by atoms with E-state index in [0.717, 1.165) is 6.07 Å². The number of carbonyl (C=O) groups excluding carboxylic acids is 1. The van der Waals surface area contributed by atoms with Gasteiger partial charge in [0.25, 0.3) is 0 Å². The molecule has 3 N–H and O–H groups in total. The summed E-state index contributed by atoms with van der Waals surface area (Å²) in [7, 11) is 0. The Balaban J connectivity index is 2.26. The molecule has 0 aromatic heterocycles. The van der Waals surface area contributed by atoms with Gasteiger partial charge in [0.2, 0.25) is 5.91 Å². The number of rotatable bonds is 4. The van der Waals surface area contributed by atoms with Crippen molar-refractivity contribution in [2.45, 2.75) is 19.0 Å². The predicted molar refractivity (Wildman–Crippen MR) is 76.3 cm³/mol. The highest BCUT2D eigenvalue weighted by Crippen LogP contribution is 2.37. The molecule has 124 valence electrons. The fourth-order valence-corrected chi connectivity index (χ4v) is 2.54. The van der Waals surface area contributed by atoms with Crippen molar-refractivity contribution in [3.63, 3.8) is 0 Å². The Morgan fingerprint density at radius 3 is 2.57 bits per heavy atom. The van der Waals surface area contributed by atoms with Crippen molar-refractivity contribution in [3.8, 4) is 6.07 Å². The zero-order valence-corrected chi connectivity index (χ0v) is 12.2. The van der Waals surface area contributed by atoms with E-state index in [1.54, 1.807) is 6.07 Å². The number of halogens is 3. The Morgan fingerprint density at radius 2 is 2.04 bits per heavy atom. The van der Waals surface area contributed by atoms with Gasteiger partial charge in [-0.15, -0.1) is 0 Å². The van der Waals surface area contributed by atoms with Crippen molar-refractivity contribution in [1.29, 1.82) is 5.26 Å². The zero-order valence-electron chi connectivity index (χ0n) is 12.2. The molecule has 0 spiro atoms. The molecule has 1 aromatic rings. The van der Waals surface area contributed by atoms with E-state index in [0.29, 0.717) is 26.1 Å². The normalized spacial score (nSPS) is 17.3. The maximum Gasteiger partial charge on any atom is 0.418 e. The van der Waals surface area contributed by atoms with Crippen LogP contribution in [0.2, 0.25) is 0 Å². The number of nitriles is 1. The SMILES string of the molecule is N#Cc1ccc(NCC2(C(N)=O)CCOCC2)c(C(F)(F)F)c1. The standard InChI is InChI=1S/C15H16F3N3O2/c16-15(17,18)11-7-10(8-19)1-2-12(11)21-9-14(13(20)22)3-5-23-6-4-14/h1-2,7,21H,3-6,9H2,(H2,20,22). The van der Waals surface area contributed by atoms with Gasteiger partial charge in [0.1, 0.15) is 0 Å². The van der Waals surface area contributed by atoms with Gasteiger partial charge in [-0.05, 0) is 31.0 Å². The highest BCUT2D eigenvalue weighted by Gasteiger charge is 2.39. The van der Waals surface area contributed by atoms with Gasteiger partial charge in [0.15, 0.2) is 0 Å². The lowest BCUT2D eigenvalue weighted by molar-refractivity contribution is -0.137. The van der Waals surface area contributed by atoms with Gasteiger partial charge in [0.05, 0.1) is 22.6 Å². The van der Waals surface area contributed by atoms with E-state index in [9.17, 15) is 18.0 Å². The van der Waals surface area contributed by atoms with E-state index in [-0.39, 0.29) is 17.8 Å². The van der Waals surface area contributed by atoms with Crippen LogP contribution in [0.4, 0.5) is 18.9 Å². The second-order valence-electron chi connectivity index (χ2n) is 5.48. The van der Waals surface area contributed by atoms with Crippen LogP contribution in [-0.4, -0.2) is 25.7 Å². The van der Waals surface area contributed by atoms with Crippen molar-refractivity contribution >= 4 is 11.6 Å². The first-order chi connectivity index (χ1) is 10.8. The average molecular weight is 327 g/mol. The lowest BCUT2D eigenvalue weighted by Gasteiger charge is -2.34. The van der Waals surface area contributed by atoms with Gasteiger partial charge in [0, 0.05) is 25.4 Å². The van der Waals surface area contributed by atoms with Crippen LogP contribution in [0, 0.1) is 16.7 Å². The molecule has 2 rings (SSSR count). The molecule has 0 atom stereocenters. The number of nitrogens with zero attached hydrogens (tertiary/aromatic N) is 1. The number of benzene rings is 1. The summed E-state index contributed by atoms with van der Waals surface area (Å²) in [5.41, 5.74) is 3.30. The molecule has 1 fully saturated rings. The van der Waals surface area contributed by atoms with Crippen LogP contribution >= 0.6 is 0 Å². The Kier molecular flexibility index (Phi) is 4.80. The minimum atomic E-state index is -4.61. The van der Waals surface area contributed by atoms with Crippen molar-refractivity contribution in [2.75, 3.05) is 25.1 Å². The number of carbonyl (C=O) groups is 1. The monoisotopic (exact) mass is 327 g/mol. The lowest BCUT2D eigenvalue weighted by atomic mass is 9.79. The number of anilines is 1. The Hall–Kier alpha value is -2.27. The van der Waals surface area contributed by atoms with E-state index in [1.807, 2.05) is 0 Å². The summed E-state index contributed by atoms with van der Waals surface area (Å²) in [4.78, 5) is 11.7. The first-order valence-corrected chi connectivity index (χ1v) is 7.01. The highest BCUT2D eigenvalue weighted by molar-refractivity contribution is 5.81. The number of nitrogens with two attached hydrogens (primary N) is 1. The summed E-state index contributed by atoms with van der Waals surface area (Å²) < 4.78 is 44.6. The maximum absolute atomic E-state index is 13.1. The smallest absolute Gasteiger partial charge is 0.383 e. The van der Waals surface area contributed by atoms with Crippen molar-refractivity contribution in [1.82, 2.24) is 0 Å². The summed E-state index contributed by atoms with van der Waals surface area (Å²) in [5, 5.41) is 11.4. The summed E-state index contributed by atoms with van der Waals surface area (Å²) in [6, 6.07) is 4.94. The molecule has 1 heterocycles. The first kappa shape index (κ1) is 17.1. The predicted octanol–water partition coefficient (Wildman–Crippen LogP) is 2.27. The third kappa shape index (κ3) is 3.74. The third-order valence-electron chi connectivity index (χ3n) is 4.04. The minimum absolute atomic E-state index is 0.0132. The molecule has 0 radical (unpaired) electrons. The average Bonchev–Trinajstić information content (AvgIpc) is 2.52. The molecule has 1 aliphatic heterocycles. The number of nitrogens with one attached hydrogen (secondary N) is 1. The highest BCUT2D eigenvalue weighted by atomic mass is 19.4. The van der Waals surface area contributed by atoms with Crippen molar-refractivity contribution in [3.05, 3.63) is 29.3 Å². The van der Waals surface area contributed by atoms with Gasteiger partial charge in [-0.1, -0.05) is 0 Å². The van der Waals surface area contributed by atoms with E-state index >= 15 is 0 Å². The largest absolute Gasteiger partial charge is 0.418 e. The van der Waals surface area contributed by atoms with E-state index in [4.69, 9.17) is 15.7 Å². The molecule has 23 heavy (non-hydrogen) atoms. The van der Waals surface area contributed by atoms with Crippen LogP contribution in [0.25, 0.3) is 0 Å². The molecular formula is C15H16F3N3O2. The maximum atomic E-state index is 13.1. The van der Waals surface area contributed by atoms with Gasteiger partial charge >= 0.3 is 6.18 Å². The molecule has 0 aliphatic carbocycles. The number of amides is 1. The second-order valence-corrected chi connectivity index (χ2v) is 5.48. The zero-order chi connectivity index (χ0) is 17.1. The molecule has 0 unspecified atom stereocenters. The molecule has 0 bridgehead atoms. The van der Waals surface area contributed by atoms with Gasteiger partial charge in [-0.25, -0.2) is 0 Å². The number of ether oxygens (including phenoxy) is 1. The summed E-state index contributed by atoms with van der Waals surface area (Å²) in [5.74, 6) is -0.560. The fraction of sp³-hybridized carbons (Fsp3) is 0.467. The van der Waals surface area contributed by atoms with E-state index < -0.39 is 23.1 Å². The summed E-state index contributed by atoms with van der Waals surface area (Å²) >= 11 is 0. The second kappa shape index (κ2) is 6.46. The molecule has 0 saturated carbocycles. The number of hydrogen-bond donors (Lipinski definition) is 2. The first-order valence-electron chi connectivity index (χ1n) is 7.01. The third-order valence-corrected chi connectivity index (χ3v) is 4.04. The molecule has 1 aromatic carbocycles. The summed E-state index contributed by atoms with van der Waals surface area (Å²) in [6.45, 7) is 0.662. The number of hydrogen-bond acceptors (Lipinski definition) is 4. The van der Waals surface area contributed by atoms with Gasteiger partial charge < -0.3 is 15.8 Å². The molecule has 8 heteroatoms. The van der Waals surface area contributed by atoms with Crippen LogP contribution in [0.1, 0.15) is 24.0 Å². The lowest BCUT2D eigenvalue weighted by Crippen LogP contribution is -2.46. The topological polar surface area (TPSA) is 88.1 Å². The van der Waals surface area contributed by atoms with Crippen molar-refractivity contribution < 1.29 is 22.7 Å². The summed E-state index contributed by atoms with van der Waals surface area (Å²) in [6.07, 6.45) is -3.90. The Morgan fingerprint density at radius 1 is 1.39 bits per heavy atom. The Labute approximate surface area is 131 Å². The van der Waals surface area contributed by atoms with E-state index in [1.165, 1.54) is 12.1 Å². The molecular weight excluding hydrogens is 311 g/mol. The van der Waals surface area contributed by atoms with Crippen LogP contribution < -0.4 is 11.1 Å². The van der Waals surface area contributed by atoms with Crippen molar-refractivity contribution in [2.24, 2.45) is 11.1 Å². The molecule has 1 aliphatic rings. The minimum Gasteiger partial charge on any atom is -0.383 e. The Bertz CT molecular complexity index is 632. The quantitative estimate of drug-likeness (QED) is 0.888. The number of primary amides is 1. The van der Waals surface area contributed by atoms with E-state index in [2.05, 4.69) is 5.32 Å². The van der Waals surface area contributed by atoms with Crippen LogP contribution in [0.3, 0.4) is 0 Å².